The van der Waals surface area contributed by atoms with Gasteiger partial charge in [0.1, 0.15) is 0 Å². The zero-order valence-electron chi connectivity index (χ0n) is 10.2. The van der Waals surface area contributed by atoms with Crippen molar-refractivity contribution in [2.45, 2.75) is 44.4 Å². The lowest BCUT2D eigenvalue weighted by molar-refractivity contribution is 0.0941. The maximum absolute atomic E-state index is 5.93. The normalized spacial score (nSPS) is 30.4. The summed E-state index contributed by atoms with van der Waals surface area (Å²) >= 11 is 5.46. The standard InChI is InChI=1S/C13H15N3OS/c1-7-4-9-12(14-6-7)16(13(18)15-9)10-5-8-2-3-11(10)17-8/h4,6,8,10-11H,2-3,5H2,1H3,(H,15,18). The molecule has 5 heteroatoms. The molecule has 0 aliphatic carbocycles. The molecule has 1 N–H and O–H groups in total. The zero-order valence-corrected chi connectivity index (χ0v) is 11.0. The summed E-state index contributed by atoms with van der Waals surface area (Å²) in [4.78, 5) is 7.80. The van der Waals surface area contributed by atoms with Crippen molar-refractivity contribution in [1.82, 2.24) is 14.5 Å². The molecule has 94 valence electrons. The third kappa shape index (κ3) is 1.40. The third-order valence-electron chi connectivity index (χ3n) is 4.10. The van der Waals surface area contributed by atoms with E-state index in [1.165, 1.54) is 6.42 Å². The minimum atomic E-state index is 0.323. The number of fused-ring (bicyclic) bond motifs is 3. The van der Waals surface area contributed by atoms with E-state index in [-0.39, 0.29) is 0 Å². The summed E-state index contributed by atoms with van der Waals surface area (Å²) in [7, 11) is 0. The van der Waals surface area contributed by atoms with Crippen molar-refractivity contribution < 1.29 is 4.74 Å². The number of hydrogen-bond acceptors (Lipinski definition) is 3. The lowest BCUT2D eigenvalue weighted by atomic mass is 9.95. The van der Waals surface area contributed by atoms with Gasteiger partial charge < -0.3 is 9.72 Å². The van der Waals surface area contributed by atoms with Crippen molar-refractivity contribution in [1.29, 1.82) is 0 Å². The Morgan fingerprint density at radius 1 is 1.50 bits per heavy atom. The van der Waals surface area contributed by atoms with Gasteiger partial charge in [-0.1, -0.05) is 0 Å². The molecule has 0 amide bonds. The second-order valence-corrected chi connectivity index (χ2v) is 5.75. The number of nitrogens with zero attached hydrogens (tertiary/aromatic N) is 2. The molecule has 3 unspecified atom stereocenters. The van der Waals surface area contributed by atoms with E-state index >= 15 is 0 Å². The molecule has 3 atom stereocenters. The van der Waals surface area contributed by atoms with Gasteiger partial charge in [-0.15, -0.1) is 0 Å². The van der Waals surface area contributed by atoms with Crippen LogP contribution in [0.4, 0.5) is 0 Å². The minimum Gasteiger partial charge on any atom is -0.373 e. The van der Waals surface area contributed by atoms with Crippen LogP contribution in [0.2, 0.25) is 0 Å². The van der Waals surface area contributed by atoms with Gasteiger partial charge in [-0.2, -0.15) is 0 Å². The highest BCUT2D eigenvalue weighted by atomic mass is 32.1. The van der Waals surface area contributed by atoms with E-state index in [4.69, 9.17) is 17.0 Å². The Balaban J connectivity index is 1.90. The summed E-state index contributed by atoms with van der Waals surface area (Å²) in [5.41, 5.74) is 3.14. The topological polar surface area (TPSA) is 42.8 Å². The molecule has 0 spiro atoms. The Labute approximate surface area is 110 Å². The summed E-state index contributed by atoms with van der Waals surface area (Å²) in [6, 6.07) is 2.46. The fourth-order valence-electron chi connectivity index (χ4n) is 3.31. The first-order valence-corrected chi connectivity index (χ1v) is 6.85. The first-order chi connectivity index (χ1) is 8.72. The lowest BCUT2D eigenvalue weighted by Crippen LogP contribution is -2.21. The SMILES string of the molecule is Cc1cnc2c(c1)[nH]c(=S)n2C1CC2CCC1O2. The number of aryl methyl sites for hydroxylation is 1. The van der Waals surface area contributed by atoms with Gasteiger partial charge in [-0.3, -0.25) is 4.57 Å². The van der Waals surface area contributed by atoms with Gasteiger partial charge in [0, 0.05) is 6.20 Å². The second-order valence-electron chi connectivity index (χ2n) is 5.36. The smallest absolute Gasteiger partial charge is 0.179 e. The summed E-state index contributed by atoms with van der Waals surface area (Å²) in [5, 5.41) is 0. The monoisotopic (exact) mass is 261 g/mol. The van der Waals surface area contributed by atoms with Gasteiger partial charge in [-0.25, -0.2) is 4.98 Å². The Kier molecular flexibility index (Phi) is 2.17. The van der Waals surface area contributed by atoms with E-state index in [1.807, 2.05) is 13.1 Å². The fourth-order valence-corrected chi connectivity index (χ4v) is 3.64. The number of nitrogens with one attached hydrogen (secondary N) is 1. The molecule has 0 aromatic carbocycles. The van der Waals surface area contributed by atoms with Crippen molar-refractivity contribution in [3.63, 3.8) is 0 Å². The summed E-state index contributed by atoms with van der Waals surface area (Å²) < 4.78 is 8.86. The Morgan fingerprint density at radius 2 is 2.39 bits per heavy atom. The molecule has 4 nitrogen and oxygen atoms in total. The van der Waals surface area contributed by atoms with Crippen LogP contribution in [-0.4, -0.2) is 26.7 Å². The van der Waals surface area contributed by atoms with Crippen LogP contribution in [0.5, 0.6) is 0 Å². The fraction of sp³-hybridized carbons (Fsp3) is 0.538. The van der Waals surface area contributed by atoms with Crippen molar-refractivity contribution >= 4 is 23.4 Å². The molecule has 2 aliphatic heterocycles. The van der Waals surface area contributed by atoms with E-state index in [0.717, 1.165) is 34.3 Å². The first-order valence-electron chi connectivity index (χ1n) is 6.45. The van der Waals surface area contributed by atoms with Crippen LogP contribution in [0.25, 0.3) is 11.2 Å². The Morgan fingerprint density at radius 3 is 3.11 bits per heavy atom. The predicted octanol–water partition coefficient (Wildman–Crippen LogP) is 2.89. The minimum absolute atomic E-state index is 0.323. The van der Waals surface area contributed by atoms with Crippen molar-refractivity contribution in [2.75, 3.05) is 0 Å². The predicted molar refractivity (Wildman–Crippen MR) is 71.2 cm³/mol. The quantitative estimate of drug-likeness (QED) is 0.803. The van der Waals surface area contributed by atoms with Gasteiger partial charge in [0.2, 0.25) is 0 Å². The van der Waals surface area contributed by atoms with Gasteiger partial charge in [0.05, 0.1) is 23.8 Å². The van der Waals surface area contributed by atoms with Crippen LogP contribution in [0, 0.1) is 11.7 Å². The zero-order chi connectivity index (χ0) is 12.3. The molecule has 2 aromatic rings. The average molecular weight is 261 g/mol. The summed E-state index contributed by atoms with van der Waals surface area (Å²) in [6.07, 6.45) is 6.07. The maximum atomic E-state index is 5.93. The molecule has 2 saturated heterocycles. The van der Waals surface area contributed by atoms with Crippen LogP contribution in [0.15, 0.2) is 12.3 Å². The largest absolute Gasteiger partial charge is 0.373 e. The van der Waals surface area contributed by atoms with Crippen molar-refractivity contribution in [2.24, 2.45) is 0 Å². The molecule has 2 aliphatic rings. The number of ether oxygens (including phenoxy) is 1. The second kappa shape index (κ2) is 3.65. The van der Waals surface area contributed by atoms with Gasteiger partial charge in [-0.05, 0) is 50.0 Å². The molecule has 0 radical (unpaired) electrons. The summed E-state index contributed by atoms with van der Waals surface area (Å²) in [6.45, 7) is 2.04. The van der Waals surface area contributed by atoms with E-state index in [9.17, 15) is 0 Å². The van der Waals surface area contributed by atoms with Crippen LogP contribution in [0.3, 0.4) is 0 Å². The molecule has 2 aromatic heterocycles. The first kappa shape index (κ1) is 10.7. The molecule has 18 heavy (non-hydrogen) atoms. The molecule has 2 bridgehead atoms. The lowest BCUT2D eigenvalue weighted by Gasteiger charge is -2.20. The highest BCUT2D eigenvalue weighted by Gasteiger charge is 2.42. The molecule has 0 saturated carbocycles. The van der Waals surface area contributed by atoms with Gasteiger partial charge in [0.15, 0.2) is 10.4 Å². The van der Waals surface area contributed by atoms with Crippen LogP contribution >= 0.6 is 12.2 Å². The third-order valence-corrected chi connectivity index (χ3v) is 4.40. The Bertz CT molecular complexity index is 674. The number of pyridine rings is 1. The molecular weight excluding hydrogens is 246 g/mol. The highest BCUT2D eigenvalue weighted by Crippen LogP contribution is 2.42. The van der Waals surface area contributed by atoms with E-state index < -0.39 is 0 Å². The average Bonchev–Trinajstić information content (AvgIpc) is 3.00. The molecule has 4 heterocycles. The van der Waals surface area contributed by atoms with E-state index in [1.54, 1.807) is 0 Å². The number of aromatic nitrogens is 3. The molecular formula is C13H15N3OS. The molecule has 4 rings (SSSR count). The van der Waals surface area contributed by atoms with Crippen LogP contribution in [-0.2, 0) is 4.74 Å². The summed E-state index contributed by atoms with van der Waals surface area (Å²) in [5.74, 6) is 0. The van der Waals surface area contributed by atoms with Crippen LogP contribution < -0.4 is 0 Å². The Hall–Kier alpha value is -1.20. The van der Waals surface area contributed by atoms with E-state index in [2.05, 4.69) is 20.6 Å². The number of H-pyrrole nitrogens is 1. The molecule has 2 fully saturated rings. The number of hydrogen-bond donors (Lipinski definition) is 1. The van der Waals surface area contributed by atoms with Gasteiger partial charge >= 0.3 is 0 Å². The number of aromatic amines is 1. The van der Waals surface area contributed by atoms with Crippen molar-refractivity contribution in [3.8, 4) is 0 Å². The highest BCUT2D eigenvalue weighted by molar-refractivity contribution is 7.71. The van der Waals surface area contributed by atoms with Crippen molar-refractivity contribution in [3.05, 3.63) is 22.6 Å². The van der Waals surface area contributed by atoms with E-state index in [0.29, 0.717) is 18.2 Å². The maximum Gasteiger partial charge on any atom is 0.179 e. The number of rotatable bonds is 1. The van der Waals surface area contributed by atoms with Gasteiger partial charge in [0.25, 0.3) is 0 Å². The number of imidazole rings is 1. The van der Waals surface area contributed by atoms with Crippen LogP contribution in [0.1, 0.15) is 30.9 Å².